The van der Waals surface area contributed by atoms with Gasteiger partial charge in [0.05, 0.1) is 23.4 Å². The Kier molecular flexibility index (Phi) is 19.5. The van der Waals surface area contributed by atoms with Crippen LogP contribution < -0.4 is 10.1 Å². The minimum atomic E-state index is -1.08. The Hall–Kier alpha value is -4.11. The first-order chi connectivity index (χ1) is 20.6. The van der Waals surface area contributed by atoms with Gasteiger partial charge in [-0.15, -0.1) is 11.3 Å². The first kappa shape index (κ1) is 38.9. The summed E-state index contributed by atoms with van der Waals surface area (Å²) in [5.74, 6) is -0.370. The number of nitrogens with zero attached hydrogens (tertiary/aromatic N) is 2. The van der Waals surface area contributed by atoms with E-state index in [-0.39, 0.29) is 0 Å². The van der Waals surface area contributed by atoms with Crippen LogP contribution in [-0.4, -0.2) is 62.4 Å². The summed E-state index contributed by atoms with van der Waals surface area (Å²) in [5.41, 5.74) is 2.97. The largest absolute Gasteiger partial charge is 0.492 e. The third kappa shape index (κ3) is 13.6. The first-order valence-corrected chi connectivity index (χ1v) is 14.4. The summed E-state index contributed by atoms with van der Waals surface area (Å²) >= 11 is 1.15. The molecule has 43 heavy (non-hydrogen) atoms. The molecule has 234 valence electrons. The maximum Gasteiger partial charge on any atom is 0.353 e. The Bertz CT molecular complexity index is 1300. The molecule has 0 aliphatic rings. The zero-order valence-electron chi connectivity index (χ0n) is 26.2. The molecule has 1 aromatic heterocycles. The molecule has 0 bridgehead atoms. The lowest BCUT2D eigenvalue weighted by molar-refractivity contribution is -0.0980. The maximum absolute atomic E-state index is 12.7. The molecular formula is C32H43N3O7S. The predicted molar refractivity (Wildman–Crippen MR) is 168 cm³/mol. The molecule has 1 atom stereocenters. The van der Waals surface area contributed by atoms with E-state index in [1.807, 2.05) is 34.6 Å². The zero-order chi connectivity index (χ0) is 32.9. The Balaban J connectivity index is 0.00000174. The van der Waals surface area contributed by atoms with Gasteiger partial charge in [-0.3, -0.25) is 0 Å². The van der Waals surface area contributed by atoms with Gasteiger partial charge in [-0.05, 0) is 70.1 Å². The smallest absolute Gasteiger partial charge is 0.353 e. The van der Waals surface area contributed by atoms with E-state index in [1.165, 1.54) is 13.3 Å². The second kappa shape index (κ2) is 21.6. The number of carbonyl (C=O) groups excluding carboxylic acids is 3. The van der Waals surface area contributed by atoms with E-state index in [0.717, 1.165) is 30.6 Å². The quantitative estimate of drug-likeness (QED) is 0.214. The summed E-state index contributed by atoms with van der Waals surface area (Å²) in [6.45, 7) is 15.0. The summed E-state index contributed by atoms with van der Waals surface area (Å²) in [4.78, 5) is 37.7. The molecule has 0 amide bonds. The highest BCUT2D eigenvalue weighted by molar-refractivity contribution is 7.17. The molecule has 0 radical (unpaired) electrons. The number of esters is 2. The van der Waals surface area contributed by atoms with Gasteiger partial charge in [0.2, 0.25) is 6.29 Å². The van der Waals surface area contributed by atoms with Crippen LogP contribution in [0.2, 0.25) is 0 Å². The van der Waals surface area contributed by atoms with Gasteiger partial charge in [0.25, 0.3) is 0 Å². The van der Waals surface area contributed by atoms with Gasteiger partial charge in [-0.1, -0.05) is 38.5 Å². The van der Waals surface area contributed by atoms with Gasteiger partial charge >= 0.3 is 11.9 Å². The van der Waals surface area contributed by atoms with Crippen molar-refractivity contribution < 1.29 is 33.7 Å². The van der Waals surface area contributed by atoms with Gasteiger partial charge in [-0.25, -0.2) is 14.6 Å². The zero-order valence-corrected chi connectivity index (χ0v) is 27.0. The molecule has 2 N–H and O–H groups in total. The summed E-state index contributed by atoms with van der Waals surface area (Å²) in [5, 5.41) is 20.1. The molecule has 2 aromatic carbocycles. The standard InChI is InChI=1S/C26H26N2O5S.C4H11N.CH4O.CH2O/c1-15(2)14-31-22-11-10-20(12-21(22)13-27)24-28-17(4)23(34-24)26(30)33-18(5)32-25(29)19-8-6-16(3)7-9-19;1-3-4-5-2;2*1-2/h6-12,15,18H,14H2,1-5H3;5H,3-4H2,1-2H3;2H,1H3;1H2. The Morgan fingerprint density at radius 3 is 2.16 bits per heavy atom. The van der Waals surface area contributed by atoms with Gasteiger partial charge in [0, 0.05) is 19.6 Å². The number of nitriles is 1. The average molecular weight is 614 g/mol. The van der Waals surface area contributed by atoms with Crippen LogP contribution >= 0.6 is 11.3 Å². The third-order valence-electron chi connectivity index (χ3n) is 5.23. The van der Waals surface area contributed by atoms with E-state index >= 15 is 0 Å². The number of aryl methyl sites for hydroxylation is 2. The number of aromatic nitrogens is 1. The van der Waals surface area contributed by atoms with E-state index < -0.39 is 18.2 Å². The van der Waals surface area contributed by atoms with Crippen LogP contribution in [0.25, 0.3) is 10.6 Å². The van der Waals surface area contributed by atoms with Crippen LogP contribution in [0.4, 0.5) is 0 Å². The van der Waals surface area contributed by atoms with Crippen LogP contribution in [-0.2, 0) is 14.3 Å². The normalized spacial score (nSPS) is 10.3. The second-order valence-corrected chi connectivity index (χ2v) is 10.3. The van der Waals surface area contributed by atoms with Crippen molar-refractivity contribution in [3.8, 4) is 22.4 Å². The lowest BCUT2D eigenvalue weighted by atomic mass is 10.1. The number of nitrogens with one attached hydrogen (secondary N) is 1. The van der Waals surface area contributed by atoms with E-state index in [1.54, 1.807) is 49.4 Å². The van der Waals surface area contributed by atoms with E-state index in [2.05, 4.69) is 23.3 Å². The number of aliphatic hydroxyl groups excluding tert-OH is 1. The van der Waals surface area contributed by atoms with Gasteiger partial charge in [0.15, 0.2) is 0 Å². The molecule has 0 aliphatic carbocycles. The SMILES string of the molecule is C=O.CCCNC.CO.Cc1ccc(C(=O)OC(C)OC(=O)c2sc(-c3ccc(OCC(C)C)c(C#N)c3)nc2C)cc1. The molecule has 11 heteroatoms. The Morgan fingerprint density at radius 1 is 1.05 bits per heavy atom. The topological polar surface area (TPSA) is 148 Å². The monoisotopic (exact) mass is 613 g/mol. The maximum atomic E-state index is 12.7. The molecule has 0 aliphatic heterocycles. The Labute approximate surface area is 258 Å². The summed E-state index contributed by atoms with van der Waals surface area (Å²) in [6, 6.07) is 14.3. The predicted octanol–water partition coefficient (Wildman–Crippen LogP) is 5.73. The molecular weight excluding hydrogens is 570 g/mol. The molecule has 0 spiro atoms. The molecule has 0 saturated heterocycles. The van der Waals surface area contributed by atoms with E-state index in [0.29, 0.717) is 50.5 Å². The third-order valence-corrected chi connectivity index (χ3v) is 6.42. The van der Waals surface area contributed by atoms with Crippen molar-refractivity contribution in [3.05, 3.63) is 69.7 Å². The molecule has 0 saturated carbocycles. The molecule has 3 rings (SSSR count). The Morgan fingerprint density at radius 2 is 1.65 bits per heavy atom. The summed E-state index contributed by atoms with van der Waals surface area (Å²) in [6.07, 6.45) is 0.157. The molecule has 3 aromatic rings. The number of rotatable bonds is 10. The molecule has 1 unspecified atom stereocenters. The second-order valence-electron chi connectivity index (χ2n) is 9.31. The highest BCUT2D eigenvalue weighted by Gasteiger charge is 2.22. The highest BCUT2D eigenvalue weighted by atomic mass is 32.1. The average Bonchev–Trinajstić information content (AvgIpc) is 3.40. The highest BCUT2D eigenvalue weighted by Crippen LogP contribution is 2.32. The van der Waals surface area contributed by atoms with E-state index in [9.17, 15) is 14.9 Å². The molecule has 10 nitrogen and oxygen atoms in total. The number of carbonyl (C=O) groups is 3. The van der Waals surface area contributed by atoms with Crippen molar-refractivity contribution in [1.29, 1.82) is 5.26 Å². The van der Waals surface area contributed by atoms with Gasteiger partial charge in [-0.2, -0.15) is 5.26 Å². The number of thiazole rings is 1. The molecule has 1 heterocycles. The summed E-state index contributed by atoms with van der Waals surface area (Å²) < 4.78 is 16.3. The number of hydrogen-bond acceptors (Lipinski definition) is 11. The van der Waals surface area contributed by atoms with Gasteiger partial charge in [0.1, 0.15) is 28.5 Å². The van der Waals surface area contributed by atoms with Crippen LogP contribution in [0.1, 0.15) is 71.0 Å². The van der Waals surface area contributed by atoms with Crippen molar-refractivity contribution in [2.45, 2.75) is 54.3 Å². The van der Waals surface area contributed by atoms with Crippen molar-refractivity contribution in [2.75, 3.05) is 27.3 Å². The summed E-state index contributed by atoms with van der Waals surface area (Å²) in [7, 11) is 2.96. The fraction of sp³-hybridized carbons (Fsp3) is 0.406. The fourth-order valence-electron chi connectivity index (χ4n) is 3.23. The van der Waals surface area contributed by atoms with E-state index in [4.69, 9.17) is 24.1 Å². The lowest BCUT2D eigenvalue weighted by Gasteiger charge is -2.13. The van der Waals surface area contributed by atoms with Crippen LogP contribution in [0.5, 0.6) is 5.75 Å². The van der Waals surface area contributed by atoms with Crippen molar-refractivity contribution in [2.24, 2.45) is 5.92 Å². The van der Waals surface area contributed by atoms with Crippen molar-refractivity contribution >= 4 is 30.1 Å². The van der Waals surface area contributed by atoms with Crippen molar-refractivity contribution in [3.63, 3.8) is 0 Å². The number of ether oxygens (including phenoxy) is 3. The number of benzene rings is 2. The van der Waals surface area contributed by atoms with Crippen LogP contribution in [0.3, 0.4) is 0 Å². The van der Waals surface area contributed by atoms with Crippen LogP contribution in [0.15, 0.2) is 42.5 Å². The minimum Gasteiger partial charge on any atom is -0.492 e. The minimum absolute atomic E-state index is 0.298. The number of hydrogen-bond donors (Lipinski definition) is 2. The lowest BCUT2D eigenvalue weighted by Crippen LogP contribution is -2.21. The number of aliphatic hydroxyl groups is 1. The molecule has 0 fully saturated rings. The van der Waals surface area contributed by atoms with Crippen LogP contribution in [0, 0.1) is 31.1 Å². The fourth-order valence-corrected chi connectivity index (χ4v) is 4.17. The first-order valence-electron chi connectivity index (χ1n) is 13.6. The van der Waals surface area contributed by atoms with Crippen molar-refractivity contribution in [1.82, 2.24) is 10.3 Å². The van der Waals surface area contributed by atoms with Gasteiger partial charge < -0.3 is 29.4 Å².